The minimum atomic E-state index is -0.0933. The Labute approximate surface area is 151 Å². The van der Waals surface area contributed by atoms with Crippen LogP contribution in [0.15, 0.2) is 35.1 Å². The standard InChI is InChI=1S/C18H20N6O2/c1-11(2)16-20-17(26-21-16)15-14-9-23(18(25)22(3)4)12-7-5-6-8-13(12)24(14)10-19-15/h5-8,10-11H,9H2,1-4H3. The van der Waals surface area contributed by atoms with Gasteiger partial charge >= 0.3 is 6.03 Å². The van der Waals surface area contributed by atoms with Gasteiger partial charge in [-0.05, 0) is 12.1 Å². The Kier molecular flexibility index (Phi) is 3.75. The summed E-state index contributed by atoms with van der Waals surface area (Å²) in [6.45, 7) is 4.39. The van der Waals surface area contributed by atoms with Crippen molar-refractivity contribution in [3.63, 3.8) is 0 Å². The van der Waals surface area contributed by atoms with Gasteiger partial charge in [-0.1, -0.05) is 31.1 Å². The molecule has 3 heterocycles. The lowest BCUT2D eigenvalue weighted by molar-refractivity contribution is 0.223. The first-order chi connectivity index (χ1) is 12.5. The number of benzene rings is 1. The van der Waals surface area contributed by atoms with E-state index in [9.17, 15) is 4.79 Å². The Balaban J connectivity index is 1.84. The molecule has 0 aliphatic carbocycles. The second-order valence-electron chi connectivity index (χ2n) is 6.77. The van der Waals surface area contributed by atoms with E-state index in [1.165, 1.54) is 0 Å². The molecule has 3 aromatic rings. The van der Waals surface area contributed by atoms with Crippen molar-refractivity contribution in [2.24, 2.45) is 0 Å². The topological polar surface area (TPSA) is 80.3 Å². The average Bonchev–Trinajstić information content (AvgIpc) is 3.27. The van der Waals surface area contributed by atoms with Gasteiger partial charge in [0.1, 0.15) is 6.33 Å². The lowest BCUT2D eigenvalue weighted by Crippen LogP contribution is -2.41. The molecule has 0 spiro atoms. The fraction of sp³-hybridized carbons (Fsp3) is 0.333. The molecule has 0 fully saturated rings. The third-order valence-electron chi connectivity index (χ3n) is 4.38. The molecule has 0 radical (unpaired) electrons. The van der Waals surface area contributed by atoms with Crippen LogP contribution in [0.2, 0.25) is 0 Å². The molecule has 4 rings (SSSR count). The molecule has 0 unspecified atom stereocenters. The van der Waals surface area contributed by atoms with E-state index in [0.29, 0.717) is 24.0 Å². The molecule has 1 aliphatic rings. The summed E-state index contributed by atoms with van der Waals surface area (Å²) in [5, 5.41) is 4.02. The van der Waals surface area contributed by atoms with E-state index >= 15 is 0 Å². The van der Waals surface area contributed by atoms with Crippen LogP contribution in [0, 0.1) is 0 Å². The van der Waals surface area contributed by atoms with Crippen LogP contribution in [-0.2, 0) is 6.54 Å². The number of fused-ring (bicyclic) bond motifs is 3. The average molecular weight is 352 g/mol. The summed E-state index contributed by atoms with van der Waals surface area (Å²) in [4.78, 5) is 24.9. The smallest absolute Gasteiger partial charge is 0.324 e. The Hall–Kier alpha value is -3.16. The summed E-state index contributed by atoms with van der Waals surface area (Å²) in [7, 11) is 3.48. The van der Waals surface area contributed by atoms with Crippen LogP contribution >= 0.6 is 0 Å². The number of anilines is 1. The van der Waals surface area contributed by atoms with Crippen LogP contribution in [0.5, 0.6) is 0 Å². The van der Waals surface area contributed by atoms with Gasteiger partial charge in [-0.2, -0.15) is 4.98 Å². The highest BCUT2D eigenvalue weighted by atomic mass is 16.5. The van der Waals surface area contributed by atoms with Crippen molar-refractivity contribution in [1.29, 1.82) is 0 Å². The van der Waals surface area contributed by atoms with Gasteiger partial charge in [-0.3, -0.25) is 9.47 Å². The second-order valence-corrected chi connectivity index (χ2v) is 6.77. The van der Waals surface area contributed by atoms with E-state index in [-0.39, 0.29) is 11.9 Å². The molecule has 0 bridgehead atoms. The van der Waals surface area contributed by atoms with E-state index in [2.05, 4.69) is 15.1 Å². The van der Waals surface area contributed by atoms with E-state index in [1.54, 1.807) is 30.2 Å². The highest BCUT2D eigenvalue weighted by Gasteiger charge is 2.31. The Morgan fingerprint density at radius 2 is 1.96 bits per heavy atom. The lowest BCUT2D eigenvalue weighted by atomic mass is 10.1. The highest BCUT2D eigenvalue weighted by molar-refractivity contribution is 5.95. The summed E-state index contributed by atoms with van der Waals surface area (Å²) < 4.78 is 7.39. The molecular weight excluding hydrogens is 332 g/mol. The molecule has 0 atom stereocenters. The van der Waals surface area contributed by atoms with Crippen molar-refractivity contribution in [3.8, 4) is 17.3 Å². The maximum atomic E-state index is 12.7. The number of aromatic nitrogens is 4. The molecule has 0 saturated heterocycles. The number of hydrogen-bond acceptors (Lipinski definition) is 5. The fourth-order valence-corrected chi connectivity index (χ4v) is 3.02. The number of imidazole rings is 1. The third-order valence-corrected chi connectivity index (χ3v) is 4.38. The van der Waals surface area contributed by atoms with Crippen LogP contribution in [0.1, 0.15) is 31.3 Å². The quantitative estimate of drug-likeness (QED) is 0.708. The van der Waals surface area contributed by atoms with Gasteiger partial charge in [0.15, 0.2) is 11.5 Å². The molecule has 8 nitrogen and oxygen atoms in total. The van der Waals surface area contributed by atoms with Crippen molar-refractivity contribution in [2.75, 3.05) is 19.0 Å². The first-order valence-corrected chi connectivity index (χ1v) is 8.45. The Bertz CT molecular complexity index is 972. The van der Waals surface area contributed by atoms with Crippen LogP contribution in [0.3, 0.4) is 0 Å². The molecule has 2 amide bonds. The van der Waals surface area contributed by atoms with E-state index in [4.69, 9.17) is 4.52 Å². The molecule has 26 heavy (non-hydrogen) atoms. The van der Waals surface area contributed by atoms with Crippen LogP contribution in [0.25, 0.3) is 17.3 Å². The van der Waals surface area contributed by atoms with Crippen molar-refractivity contribution in [1.82, 2.24) is 24.6 Å². The molecule has 8 heteroatoms. The van der Waals surface area contributed by atoms with Gasteiger partial charge in [0.25, 0.3) is 5.89 Å². The van der Waals surface area contributed by atoms with Gasteiger partial charge in [0.05, 0.1) is 23.6 Å². The monoisotopic (exact) mass is 352 g/mol. The van der Waals surface area contributed by atoms with Crippen LogP contribution in [0.4, 0.5) is 10.5 Å². The molecular formula is C18H20N6O2. The number of amides is 2. The number of urea groups is 1. The zero-order chi connectivity index (χ0) is 18.4. The molecule has 134 valence electrons. The maximum absolute atomic E-state index is 12.7. The maximum Gasteiger partial charge on any atom is 0.324 e. The fourth-order valence-electron chi connectivity index (χ4n) is 3.02. The van der Waals surface area contributed by atoms with Gasteiger partial charge in [-0.15, -0.1) is 0 Å². The number of carbonyl (C=O) groups is 1. The van der Waals surface area contributed by atoms with E-state index in [1.807, 2.05) is 42.7 Å². The van der Waals surface area contributed by atoms with Crippen molar-refractivity contribution in [2.45, 2.75) is 26.3 Å². The summed E-state index contributed by atoms with van der Waals surface area (Å²) in [6.07, 6.45) is 1.74. The highest BCUT2D eigenvalue weighted by Crippen LogP contribution is 2.36. The lowest BCUT2D eigenvalue weighted by Gasteiger charge is -2.32. The number of carbonyl (C=O) groups excluding carboxylic acids is 1. The summed E-state index contributed by atoms with van der Waals surface area (Å²) in [5.41, 5.74) is 3.19. The van der Waals surface area contributed by atoms with Gasteiger partial charge < -0.3 is 9.42 Å². The van der Waals surface area contributed by atoms with Crippen molar-refractivity contribution < 1.29 is 9.32 Å². The Morgan fingerprint density at radius 1 is 1.23 bits per heavy atom. The van der Waals surface area contributed by atoms with E-state index in [0.717, 1.165) is 17.1 Å². The number of nitrogens with zero attached hydrogens (tertiary/aromatic N) is 6. The molecule has 0 N–H and O–H groups in total. The zero-order valence-electron chi connectivity index (χ0n) is 15.2. The predicted octanol–water partition coefficient (Wildman–Crippen LogP) is 3.05. The first-order valence-electron chi connectivity index (χ1n) is 8.45. The van der Waals surface area contributed by atoms with E-state index < -0.39 is 0 Å². The Morgan fingerprint density at radius 3 is 2.62 bits per heavy atom. The van der Waals surface area contributed by atoms with Crippen molar-refractivity contribution >= 4 is 11.7 Å². The normalized spacial score (nSPS) is 12.9. The molecule has 1 aromatic carbocycles. The second kappa shape index (κ2) is 5.98. The number of rotatable bonds is 2. The van der Waals surface area contributed by atoms with Crippen molar-refractivity contribution in [3.05, 3.63) is 42.1 Å². The minimum absolute atomic E-state index is 0.0933. The number of para-hydroxylation sites is 2. The molecule has 0 saturated carbocycles. The minimum Gasteiger partial charge on any atom is -0.332 e. The summed E-state index contributed by atoms with van der Waals surface area (Å²) in [5.74, 6) is 1.18. The molecule has 1 aliphatic heterocycles. The zero-order valence-corrected chi connectivity index (χ0v) is 15.2. The van der Waals surface area contributed by atoms with Gasteiger partial charge in [0, 0.05) is 20.0 Å². The van der Waals surface area contributed by atoms with Crippen LogP contribution < -0.4 is 4.90 Å². The van der Waals surface area contributed by atoms with Gasteiger partial charge in [0.2, 0.25) is 0 Å². The van der Waals surface area contributed by atoms with Gasteiger partial charge in [-0.25, -0.2) is 9.78 Å². The predicted molar refractivity (Wildman–Crippen MR) is 96.2 cm³/mol. The summed E-state index contributed by atoms with van der Waals surface area (Å²) in [6, 6.07) is 7.67. The third kappa shape index (κ3) is 2.45. The largest absolute Gasteiger partial charge is 0.332 e. The molecule has 2 aromatic heterocycles. The number of hydrogen-bond donors (Lipinski definition) is 0. The first kappa shape index (κ1) is 16.3. The SMILES string of the molecule is CC(C)c1noc(-c2ncn3c2CN(C(=O)N(C)C)c2ccccc2-3)n1. The van der Waals surface area contributed by atoms with Crippen LogP contribution in [-0.4, -0.2) is 44.7 Å². The summed E-state index contributed by atoms with van der Waals surface area (Å²) >= 11 is 0.